The monoisotopic (exact) mass is 596 g/mol. The SMILES string of the molecule is Cc1cc(S(N)(=O)=O)ccc1NC1N=c2c(ccc(=O)n2C2CCCC2)=CN1CCOC1CCC2(CCNCC2)CC1. The summed E-state index contributed by atoms with van der Waals surface area (Å²) in [5, 5.41) is 13.3. The number of hydrogen-bond donors (Lipinski definition) is 3. The van der Waals surface area contributed by atoms with Gasteiger partial charge in [0.2, 0.25) is 10.0 Å². The van der Waals surface area contributed by atoms with Gasteiger partial charge < -0.3 is 20.3 Å². The van der Waals surface area contributed by atoms with Gasteiger partial charge in [-0.3, -0.25) is 9.36 Å². The number of ether oxygens (including phenoxy) is 1. The van der Waals surface area contributed by atoms with E-state index in [-0.39, 0.29) is 22.6 Å². The minimum atomic E-state index is -3.80. The molecule has 1 atom stereocenters. The second-order valence-electron chi connectivity index (χ2n) is 12.6. The molecule has 2 aliphatic heterocycles. The molecule has 11 heteroatoms. The average Bonchev–Trinajstić information content (AvgIpc) is 3.50. The summed E-state index contributed by atoms with van der Waals surface area (Å²) in [5.74, 6) is 0. The van der Waals surface area contributed by atoms with E-state index < -0.39 is 16.3 Å². The van der Waals surface area contributed by atoms with E-state index in [9.17, 15) is 13.2 Å². The Morgan fingerprint density at radius 3 is 2.50 bits per heavy atom. The van der Waals surface area contributed by atoms with Crippen molar-refractivity contribution in [1.29, 1.82) is 0 Å². The highest BCUT2D eigenvalue weighted by molar-refractivity contribution is 7.89. The molecule has 3 fully saturated rings. The molecule has 2 aromatic rings. The van der Waals surface area contributed by atoms with E-state index in [2.05, 4.69) is 21.7 Å². The molecule has 0 amide bonds. The lowest BCUT2D eigenvalue weighted by atomic mass is 9.68. The number of fused-ring (bicyclic) bond motifs is 1. The summed E-state index contributed by atoms with van der Waals surface area (Å²) >= 11 is 0. The predicted octanol–water partition coefficient (Wildman–Crippen LogP) is 2.32. The van der Waals surface area contributed by atoms with Crippen LogP contribution in [0.15, 0.2) is 45.0 Å². The molecule has 1 spiro atoms. The van der Waals surface area contributed by atoms with Crippen LogP contribution in [0.5, 0.6) is 0 Å². The number of aryl methyl sites for hydroxylation is 1. The summed E-state index contributed by atoms with van der Waals surface area (Å²) < 4.78 is 32.1. The standard InChI is InChI=1S/C31H44N6O4S/c1-22-20-26(42(32,39)40)7-8-27(22)34-30-35-29-23(6-9-28(38)37(29)24-4-2-3-5-24)21-36(30)18-19-41-25-10-12-31(13-11-25)14-16-33-17-15-31/h6-9,20-21,24-25,30,33-34H,2-5,10-19H2,1H3,(H2,32,39,40). The number of benzene rings is 1. The largest absolute Gasteiger partial charge is 0.376 e. The Morgan fingerprint density at radius 2 is 1.81 bits per heavy atom. The summed E-state index contributed by atoms with van der Waals surface area (Å²) in [7, 11) is -3.80. The van der Waals surface area contributed by atoms with Crippen LogP contribution in [0.1, 0.15) is 75.8 Å². The van der Waals surface area contributed by atoms with Crippen LogP contribution in [0.25, 0.3) is 6.20 Å². The average molecular weight is 597 g/mol. The van der Waals surface area contributed by atoms with Crippen molar-refractivity contribution in [3.8, 4) is 0 Å². The molecule has 1 saturated heterocycles. The second-order valence-corrected chi connectivity index (χ2v) is 14.2. The molecule has 6 rings (SSSR count). The van der Waals surface area contributed by atoms with Gasteiger partial charge in [0.05, 0.1) is 17.6 Å². The van der Waals surface area contributed by atoms with E-state index in [1.165, 1.54) is 31.7 Å². The number of nitrogens with zero attached hydrogens (tertiary/aromatic N) is 3. The van der Waals surface area contributed by atoms with Gasteiger partial charge in [0.25, 0.3) is 5.56 Å². The van der Waals surface area contributed by atoms with Crippen molar-refractivity contribution < 1.29 is 13.2 Å². The summed E-state index contributed by atoms with van der Waals surface area (Å²) in [5.41, 5.74) is 2.68. The van der Waals surface area contributed by atoms with Gasteiger partial charge in [-0.2, -0.15) is 0 Å². The van der Waals surface area contributed by atoms with Gasteiger partial charge >= 0.3 is 0 Å². The number of sulfonamides is 1. The first-order valence-corrected chi connectivity index (χ1v) is 17.0. The van der Waals surface area contributed by atoms with Gasteiger partial charge in [0, 0.05) is 35.8 Å². The van der Waals surface area contributed by atoms with Gasteiger partial charge in [-0.05, 0) is 107 Å². The number of aromatic nitrogens is 1. The normalized spacial score (nSPS) is 22.9. The Morgan fingerprint density at radius 1 is 1.07 bits per heavy atom. The van der Waals surface area contributed by atoms with E-state index in [0.29, 0.717) is 24.1 Å². The molecule has 10 nitrogen and oxygen atoms in total. The zero-order valence-corrected chi connectivity index (χ0v) is 25.4. The molecule has 0 bridgehead atoms. The number of pyridine rings is 1. The third-order valence-corrected chi connectivity index (χ3v) is 10.8. The zero-order valence-electron chi connectivity index (χ0n) is 24.6. The van der Waals surface area contributed by atoms with Gasteiger partial charge in [0.1, 0.15) is 5.49 Å². The Labute approximate surface area is 248 Å². The molecular formula is C31H44N6O4S. The van der Waals surface area contributed by atoms with E-state index in [4.69, 9.17) is 14.9 Å². The van der Waals surface area contributed by atoms with Gasteiger partial charge in [-0.15, -0.1) is 0 Å². The van der Waals surface area contributed by atoms with E-state index in [0.717, 1.165) is 68.1 Å². The molecule has 1 unspecified atom stereocenters. The molecule has 4 aliphatic rings. The lowest BCUT2D eigenvalue weighted by Crippen LogP contribution is -2.53. The summed E-state index contributed by atoms with van der Waals surface area (Å²) in [6.07, 6.45) is 13.3. The van der Waals surface area contributed by atoms with Gasteiger partial charge in [-0.1, -0.05) is 12.8 Å². The number of anilines is 1. The van der Waals surface area contributed by atoms with E-state index in [1.807, 2.05) is 17.6 Å². The Hall–Kier alpha value is -2.73. The zero-order chi connectivity index (χ0) is 29.3. The topological polar surface area (TPSA) is 131 Å². The minimum absolute atomic E-state index is 0.0224. The number of nitrogens with two attached hydrogens (primary N) is 1. The lowest BCUT2D eigenvalue weighted by Gasteiger charge is -2.43. The highest BCUT2D eigenvalue weighted by Crippen LogP contribution is 2.43. The Balaban J connectivity index is 1.22. The fourth-order valence-corrected chi connectivity index (χ4v) is 7.92. The van der Waals surface area contributed by atoms with Crippen LogP contribution in [-0.4, -0.2) is 56.5 Å². The Kier molecular flexibility index (Phi) is 8.46. The number of rotatable bonds is 8. The lowest BCUT2D eigenvalue weighted by molar-refractivity contribution is -0.0166. The molecule has 1 aromatic heterocycles. The number of primary sulfonamides is 1. The molecule has 2 saturated carbocycles. The molecule has 3 heterocycles. The predicted molar refractivity (Wildman–Crippen MR) is 163 cm³/mol. The molecule has 1 aromatic carbocycles. The molecular weight excluding hydrogens is 552 g/mol. The van der Waals surface area contributed by atoms with Crippen LogP contribution in [-0.2, 0) is 14.8 Å². The van der Waals surface area contributed by atoms with Crippen molar-refractivity contribution in [3.63, 3.8) is 0 Å². The van der Waals surface area contributed by atoms with Crippen LogP contribution in [0, 0.1) is 12.3 Å². The van der Waals surface area contributed by atoms with Crippen molar-refractivity contribution >= 4 is 21.9 Å². The van der Waals surface area contributed by atoms with Crippen molar-refractivity contribution in [2.75, 3.05) is 31.6 Å². The fourth-order valence-electron chi connectivity index (χ4n) is 7.32. The van der Waals surface area contributed by atoms with Crippen molar-refractivity contribution in [3.05, 3.63) is 57.0 Å². The maximum Gasteiger partial charge on any atom is 0.252 e. The molecule has 0 radical (unpaired) electrons. The van der Waals surface area contributed by atoms with Crippen LogP contribution < -0.4 is 32.0 Å². The molecule has 2 aliphatic carbocycles. The number of hydrogen-bond acceptors (Lipinski definition) is 8. The van der Waals surface area contributed by atoms with Crippen molar-refractivity contribution in [2.24, 2.45) is 15.5 Å². The molecule has 228 valence electrons. The van der Waals surface area contributed by atoms with Crippen molar-refractivity contribution in [1.82, 2.24) is 14.8 Å². The van der Waals surface area contributed by atoms with Gasteiger partial charge in [0.15, 0.2) is 6.29 Å². The third-order valence-electron chi connectivity index (χ3n) is 9.85. The summed E-state index contributed by atoms with van der Waals surface area (Å²) in [4.78, 5) is 20.3. The Bertz CT molecular complexity index is 1570. The summed E-state index contributed by atoms with van der Waals surface area (Å²) in [6.45, 7) is 5.31. The molecule has 42 heavy (non-hydrogen) atoms. The van der Waals surface area contributed by atoms with E-state index in [1.54, 1.807) is 18.2 Å². The van der Waals surface area contributed by atoms with Crippen LogP contribution in [0.3, 0.4) is 0 Å². The summed E-state index contributed by atoms with van der Waals surface area (Å²) in [6, 6.07) is 8.47. The van der Waals surface area contributed by atoms with Crippen LogP contribution in [0.4, 0.5) is 5.69 Å². The maximum absolute atomic E-state index is 13.0. The van der Waals surface area contributed by atoms with Crippen LogP contribution in [0.2, 0.25) is 0 Å². The first-order valence-electron chi connectivity index (χ1n) is 15.5. The fraction of sp³-hybridized carbons (Fsp3) is 0.613. The first kappa shape index (κ1) is 29.3. The number of piperidine rings is 1. The van der Waals surface area contributed by atoms with Crippen LogP contribution >= 0.6 is 0 Å². The quantitative estimate of drug-likeness (QED) is 0.426. The third kappa shape index (κ3) is 6.29. The number of nitrogens with one attached hydrogen (secondary N) is 2. The smallest absolute Gasteiger partial charge is 0.252 e. The van der Waals surface area contributed by atoms with Gasteiger partial charge in [-0.25, -0.2) is 18.5 Å². The maximum atomic E-state index is 13.0. The van der Waals surface area contributed by atoms with Crippen molar-refractivity contribution in [2.45, 2.75) is 94.5 Å². The van der Waals surface area contributed by atoms with E-state index >= 15 is 0 Å². The first-order chi connectivity index (χ1) is 20.2. The second kappa shape index (κ2) is 12.1. The highest BCUT2D eigenvalue weighted by atomic mass is 32.2. The molecule has 4 N–H and O–H groups in total. The minimum Gasteiger partial charge on any atom is -0.376 e. The highest BCUT2D eigenvalue weighted by Gasteiger charge is 2.36.